The van der Waals surface area contributed by atoms with Crippen LogP contribution in [0.15, 0.2) is 35.7 Å². The highest BCUT2D eigenvalue weighted by Crippen LogP contribution is 2.18. The Morgan fingerprint density at radius 1 is 0.673 bits per heavy atom. The molecule has 0 fully saturated rings. The van der Waals surface area contributed by atoms with Crippen LogP contribution in [-0.2, 0) is 9.59 Å². The van der Waals surface area contributed by atoms with Gasteiger partial charge in [0, 0.05) is 48.8 Å². The van der Waals surface area contributed by atoms with Crippen LogP contribution >= 0.6 is 0 Å². The smallest absolute Gasteiger partial charge is 0.266 e. The van der Waals surface area contributed by atoms with Gasteiger partial charge < -0.3 is 24.1 Å². The van der Waals surface area contributed by atoms with Gasteiger partial charge in [-0.25, -0.2) is 0 Å². The number of hydrogen-bond donors (Lipinski definition) is 2. The molecule has 3 aromatic rings. The molecule has 0 bridgehead atoms. The molecule has 2 aliphatic rings. The summed E-state index contributed by atoms with van der Waals surface area (Å²) in [5, 5.41) is 20.3. The summed E-state index contributed by atoms with van der Waals surface area (Å²) in [4.78, 5) is 29.8. The van der Waals surface area contributed by atoms with Crippen LogP contribution in [0.2, 0.25) is 0 Å². The number of carbonyl (C=O) groups excluding carboxylic acids is 2. The Morgan fingerprint density at radius 2 is 1.27 bits per heavy atom. The molecule has 5 rings (SSSR count). The van der Waals surface area contributed by atoms with Crippen LogP contribution in [0.4, 0.5) is 0 Å². The number of aryl methyl sites for hydroxylation is 3. The first-order valence-corrected chi connectivity index (χ1v) is 15.8. The minimum absolute atomic E-state index is 0. The lowest BCUT2D eigenvalue weighted by atomic mass is 10.0. The maximum Gasteiger partial charge on any atom is 0.266 e. The van der Waals surface area contributed by atoms with E-state index >= 15 is 0 Å². The third kappa shape index (κ3) is 17.7. The molecule has 3 aromatic heterocycles. The van der Waals surface area contributed by atoms with Crippen molar-refractivity contribution in [3.63, 3.8) is 0 Å². The van der Waals surface area contributed by atoms with Gasteiger partial charge in [0.05, 0.1) is 5.69 Å². The zero-order valence-electron chi connectivity index (χ0n) is 30.1. The molecule has 0 atom stereocenters. The van der Waals surface area contributed by atoms with Crippen molar-refractivity contribution < 1.29 is 23.1 Å². The predicted octanol–water partition coefficient (Wildman–Crippen LogP) is 8.28. The SMILES string of the molecule is C.C.C.CC(C)C1=NCNC1=O.CC1=C(C(C)C)C(=O)NC1.Cc1cc(C(C)C)on1.Cc1nnc(C(C)C)o1.Cc1noc(C(C)C)n1. The van der Waals surface area contributed by atoms with Gasteiger partial charge in [0.2, 0.25) is 23.6 Å². The largest absolute Gasteiger partial charge is 0.425 e. The molecule has 13 heteroatoms. The summed E-state index contributed by atoms with van der Waals surface area (Å²) in [7, 11) is 0. The first kappa shape index (κ1) is 49.2. The van der Waals surface area contributed by atoms with Gasteiger partial charge >= 0.3 is 0 Å². The molecule has 0 aromatic carbocycles. The van der Waals surface area contributed by atoms with Crippen molar-refractivity contribution in [3.8, 4) is 0 Å². The number of aromatic nitrogens is 5. The van der Waals surface area contributed by atoms with E-state index in [4.69, 9.17) is 13.5 Å². The predicted molar refractivity (Wildman–Crippen MR) is 198 cm³/mol. The number of nitrogens with zero attached hydrogens (tertiary/aromatic N) is 6. The van der Waals surface area contributed by atoms with E-state index in [0.717, 1.165) is 23.6 Å². The van der Waals surface area contributed by atoms with Crippen molar-refractivity contribution in [2.75, 3.05) is 13.2 Å². The van der Waals surface area contributed by atoms with Gasteiger partial charge in [-0.1, -0.05) is 102 Å². The van der Waals surface area contributed by atoms with Crippen molar-refractivity contribution >= 4 is 17.5 Å². The zero-order chi connectivity index (χ0) is 35.1. The molecule has 0 aliphatic carbocycles. The van der Waals surface area contributed by atoms with E-state index in [9.17, 15) is 9.59 Å². The van der Waals surface area contributed by atoms with Crippen molar-refractivity contribution in [3.05, 3.63) is 52.2 Å². The Hall–Kier alpha value is -4.16. The number of nitrogens with one attached hydrogen (secondary N) is 2. The number of carbonyl (C=O) groups is 2. The monoisotopic (exact) mass is 691 g/mol. The van der Waals surface area contributed by atoms with Crippen molar-refractivity contribution in [1.82, 2.24) is 36.1 Å². The molecule has 13 nitrogen and oxygen atoms in total. The minimum Gasteiger partial charge on any atom is -0.425 e. The fourth-order valence-corrected chi connectivity index (χ4v) is 3.90. The third-order valence-electron chi connectivity index (χ3n) is 6.35. The maximum absolute atomic E-state index is 11.1. The van der Waals surface area contributed by atoms with Crippen LogP contribution in [0.25, 0.3) is 0 Å². The average molecular weight is 691 g/mol. The third-order valence-corrected chi connectivity index (χ3v) is 6.35. The summed E-state index contributed by atoms with van der Waals surface area (Å²) in [5.41, 5.74) is 3.80. The molecule has 2 N–H and O–H groups in total. The second kappa shape index (κ2) is 24.0. The van der Waals surface area contributed by atoms with Gasteiger partial charge in [0.15, 0.2) is 5.82 Å². The lowest BCUT2D eigenvalue weighted by Crippen LogP contribution is -2.25. The van der Waals surface area contributed by atoms with Crippen LogP contribution in [0.1, 0.15) is 151 Å². The molecule has 0 spiro atoms. The molecular weight excluding hydrogens is 624 g/mol. The zero-order valence-corrected chi connectivity index (χ0v) is 30.1. The maximum atomic E-state index is 11.1. The van der Waals surface area contributed by atoms with Gasteiger partial charge in [0.25, 0.3) is 5.91 Å². The van der Waals surface area contributed by atoms with Gasteiger partial charge in [0.1, 0.15) is 18.1 Å². The molecule has 0 saturated heterocycles. The van der Waals surface area contributed by atoms with E-state index in [1.165, 1.54) is 5.57 Å². The number of aliphatic imine (C=N–C) groups is 1. The van der Waals surface area contributed by atoms with Gasteiger partial charge in [-0.15, -0.1) is 10.2 Å². The Kier molecular flexibility index (Phi) is 24.2. The topological polar surface area (TPSA) is 174 Å². The van der Waals surface area contributed by atoms with E-state index in [1.54, 1.807) is 6.92 Å². The summed E-state index contributed by atoms with van der Waals surface area (Å²) in [6.07, 6.45) is 0. The van der Waals surface area contributed by atoms with Crippen LogP contribution < -0.4 is 10.6 Å². The molecular formula is C36H66N8O5. The Morgan fingerprint density at radius 3 is 1.47 bits per heavy atom. The van der Waals surface area contributed by atoms with E-state index in [2.05, 4.69) is 55.0 Å². The van der Waals surface area contributed by atoms with Crippen molar-refractivity contribution in [1.29, 1.82) is 0 Å². The molecule has 2 amide bonds. The van der Waals surface area contributed by atoms with E-state index in [-0.39, 0.29) is 40.0 Å². The lowest BCUT2D eigenvalue weighted by Gasteiger charge is -2.03. The Bertz CT molecular complexity index is 1320. The Balaban J connectivity index is -0.000000532. The molecule has 5 heterocycles. The highest BCUT2D eigenvalue weighted by molar-refractivity contribution is 6.40. The second-order valence-electron chi connectivity index (χ2n) is 12.6. The first-order valence-electron chi connectivity index (χ1n) is 15.8. The molecule has 2 aliphatic heterocycles. The summed E-state index contributed by atoms with van der Waals surface area (Å²) in [6.45, 7) is 29.0. The highest BCUT2D eigenvalue weighted by atomic mass is 16.5. The van der Waals surface area contributed by atoms with Gasteiger partial charge in [-0.2, -0.15) is 4.98 Å². The molecule has 0 radical (unpaired) electrons. The summed E-state index contributed by atoms with van der Waals surface area (Å²) in [5.74, 6) is 5.60. The van der Waals surface area contributed by atoms with Crippen molar-refractivity contribution in [2.24, 2.45) is 16.8 Å². The Labute approximate surface area is 295 Å². The van der Waals surface area contributed by atoms with Crippen LogP contribution in [-0.4, -0.2) is 56.2 Å². The summed E-state index contributed by atoms with van der Waals surface area (Å²) < 4.78 is 15.0. The summed E-state index contributed by atoms with van der Waals surface area (Å²) in [6, 6.07) is 1.96. The van der Waals surface area contributed by atoms with Gasteiger partial charge in [-0.3, -0.25) is 14.6 Å². The minimum atomic E-state index is -0.00926. The second-order valence-corrected chi connectivity index (χ2v) is 12.6. The molecule has 0 unspecified atom stereocenters. The van der Waals surface area contributed by atoms with E-state index < -0.39 is 0 Å². The molecule has 0 saturated carbocycles. The quantitative estimate of drug-likeness (QED) is 0.265. The van der Waals surface area contributed by atoms with Crippen molar-refractivity contribution in [2.45, 2.75) is 137 Å². The lowest BCUT2D eigenvalue weighted by molar-refractivity contribution is -0.117. The number of rotatable bonds is 5. The normalized spacial score (nSPS) is 13.0. The van der Waals surface area contributed by atoms with Crippen LogP contribution in [0.5, 0.6) is 0 Å². The summed E-state index contributed by atoms with van der Waals surface area (Å²) >= 11 is 0. The van der Waals surface area contributed by atoms with Crippen LogP contribution in [0, 0.1) is 32.6 Å². The molecule has 280 valence electrons. The fraction of sp³-hybridized carbons (Fsp3) is 0.667. The fourth-order valence-electron chi connectivity index (χ4n) is 3.90. The number of amides is 2. The standard InChI is InChI=1S/C8H13NO.C7H11NO.3C6H10N2O.3CH4/c1-5(2)7-6(3)4-9-8(7)10;1-5(2)7-4-6(3)8-9-7;1-4(2)5-6(9)8-3-7-5;1-4(2)6-8-7-5(3)9-6;1-4(2)6-7-5(3)8-9-6;;;/h5H,4H2,1-3H3,(H,9,10);4-5H,1-3H3;4H,3H2,1-2H3,(H,8,9);2*4H,1-3H3;3*1H4. The van der Waals surface area contributed by atoms with Crippen LogP contribution in [0.3, 0.4) is 0 Å². The number of hydrogen-bond acceptors (Lipinski definition) is 11. The van der Waals surface area contributed by atoms with E-state index in [1.807, 2.05) is 82.2 Å². The highest BCUT2D eigenvalue weighted by Gasteiger charge is 2.21. The van der Waals surface area contributed by atoms with E-state index in [0.29, 0.717) is 59.5 Å². The first-order chi connectivity index (χ1) is 21.4. The molecule has 49 heavy (non-hydrogen) atoms. The average Bonchev–Trinajstić information content (AvgIpc) is 3.79. The van der Waals surface area contributed by atoms with Gasteiger partial charge in [-0.05, 0) is 32.3 Å².